The molecule has 21 heavy (non-hydrogen) atoms. The smallest absolute Gasteiger partial charge is 0.122 e. The average Bonchev–Trinajstić information content (AvgIpc) is 2.45. The Morgan fingerprint density at radius 3 is 2.52 bits per heavy atom. The van der Waals surface area contributed by atoms with Crippen molar-refractivity contribution in [2.45, 2.75) is 65.7 Å². The molecule has 1 N–H and O–H groups in total. The third-order valence-corrected chi connectivity index (χ3v) is 3.72. The molecule has 1 aromatic rings. The molecule has 0 fully saturated rings. The molecule has 0 aliphatic rings. The van der Waals surface area contributed by atoms with Crippen molar-refractivity contribution in [1.29, 1.82) is 0 Å². The highest BCUT2D eigenvalue weighted by Crippen LogP contribution is 2.27. The highest BCUT2D eigenvalue weighted by atomic mass is 16.5. The van der Waals surface area contributed by atoms with E-state index in [1.54, 1.807) is 0 Å². The summed E-state index contributed by atoms with van der Waals surface area (Å²) in [5, 5.41) is 3.45. The van der Waals surface area contributed by atoms with Gasteiger partial charge >= 0.3 is 0 Å². The van der Waals surface area contributed by atoms with Gasteiger partial charge in [0.05, 0.1) is 6.61 Å². The highest BCUT2D eigenvalue weighted by Gasteiger charge is 2.07. The van der Waals surface area contributed by atoms with E-state index >= 15 is 0 Å². The molecule has 0 unspecified atom stereocenters. The topological polar surface area (TPSA) is 21.3 Å². The summed E-state index contributed by atoms with van der Waals surface area (Å²) >= 11 is 0. The van der Waals surface area contributed by atoms with Gasteiger partial charge in [0.1, 0.15) is 5.75 Å². The molecule has 0 amide bonds. The molecule has 120 valence electrons. The molecule has 1 rings (SSSR count). The molecule has 0 aliphatic carbocycles. The van der Waals surface area contributed by atoms with E-state index in [0.717, 1.165) is 31.9 Å². The SMILES string of the molecule is CCCNCCCCCCOc1cc(C)ccc1C(C)C. The molecule has 0 aromatic heterocycles. The first kappa shape index (κ1) is 18.0. The molecule has 0 heterocycles. The maximum atomic E-state index is 6.01. The first-order valence-corrected chi connectivity index (χ1v) is 8.59. The standard InChI is InChI=1S/C19H33NO/c1-5-12-20-13-8-6-7-9-14-21-19-15-17(4)10-11-18(19)16(2)3/h10-11,15-16,20H,5-9,12-14H2,1-4H3. The summed E-state index contributed by atoms with van der Waals surface area (Å²) in [6, 6.07) is 6.55. The van der Waals surface area contributed by atoms with Crippen LogP contribution in [0.15, 0.2) is 18.2 Å². The second kappa shape index (κ2) is 10.7. The predicted octanol–water partition coefficient (Wildman–Crippen LogP) is 5.06. The fraction of sp³-hybridized carbons (Fsp3) is 0.684. The zero-order valence-corrected chi connectivity index (χ0v) is 14.4. The van der Waals surface area contributed by atoms with Crippen LogP contribution in [0.5, 0.6) is 5.75 Å². The third kappa shape index (κ3) is 7.52. The van der Waals surface area contributed by atoms with Gasteiger partial charge in [0.15, 0.2) is 0 Å². The van der Waals surface area contributed by atoms with E-state index in [4.69, 9.17) is 4.74 Å². The fourth-order valence-electron chi connectivity index (χ4n) is 2.43. The summed E-state index contributed by atoms with van der Waals surface area (Å²) < 4.78 is 6.01. The number of rotatable bonds is 11. The lowest BCUT2D eigenvalue weighted by Crippen LogP contribution is -2.15. The monoisotopic (exact) mass is 291 g/mol. The van der Waals surface area contributed by atoms with E-state index < -0.39 is 0 Å². The largest absolute Gasteiger partial charge is 0.493 e. The molecular weight excluding hydrogens is 258 g/mol. The van der Waals surface area contributed by atoms with Crippen molar-refractivity contribution in [3.63, 3.8) is 0 Å². The van der Waals surface area contributed by atoms with Crippen LogP contribution >= 0.6 is 0 Å². The molecule has 0 saturated carbocycles. The van der Waals surface area contributed by atoms with Gasteiger partial charge in [-0.15, -0.1) is 0 Å². The van der Waals surface area contributed by atoms with E-state index in [9.17, 15) is 0 Å². The van der Waals surface area contributed by atoms with Crippen LogP contribution in [0, 0.1) is 6.92 Å². The van der Waals surface area contributed by atoms with Crippen molar-refractivity contribution in [2.75, 3.05) is 19.7 Å². The number of nitrogens with one attached hydrogen (secondary N) is 1. The van der Waals surface area contributed by atoms with Crippen LogP contribution in [0.25, 0.3) is 0 Å². The van der Waals surface area contributed by atoms with Gasteiger partial charge in [0, 0.05) is 0 Å². The van der Waals surface area contributed by atoms with Gasteiger partial charge in [0.25, 0.3) is 0 Å². The highest BCUT2D eigenvalue weighted by molar-refractivity contribution is 5.39. The van der Waals surface area contributed by atoms with Crippen LogP contribution in [0.1, 0.15) is 69.9 Å². The predicted molar refractivity (Wildman–Crippen MR) is 92.4 cm³/mol. The Balaban J connectivity index is 2.19. The Bertz CT molecular complexity index is 387. The maximum Gasteiger partial charge on any atom is 0.122 e. The minimum atomic E-state index is 0.519. The summed E-state index contributed by atoms with van der Waals surface area (Å²) in [4.78, 5) is 0. The van der Waals surface area contributed by atoms with Crippen molar-refractivity contribution in [3.05, 3.63) is 29.3 Å². The summed E-state index contributed by atoms with van der Waals surface area (Å²) in [6.07, 6.45) is 6.21. The minimum Gasteiger partial charge on any atom is -0.493 e. The first-order valence-electron chi connectivity index (χ1n) is 8.59. The molecule has 1 aromatic carbocycles. The number of hydrogen-bond donors (Lipinski definition) is 1. The molecule has 0 saturated heterocycles. The summed E-state index contributed by atoms with van der Waals surface area (Å²) in [5.74, 6) is 1.60. The van der Waals surface area contributed by atoms with Gasteiger partial charge in [-0.3, -0.25) is 0 Å². The summed E-state index contributed by atoms with van der Waals surface area (Å²) in [7, 11) is 0. The molecule has 2 heteroatoms. The van der Waals surface area contributed by atoms with Crippen molar-refractivity contribution < 1.29 is 4.74 Å². The van der Waals surface area contributed by atoms with Crippen LogP contribution in [0.3, 0.4) is 0 Å². The average molecular weight is 291 g/mol. The van der Waals surface area contributed by atoms with Crippen LogP contribution in [-0.4, -0.2) is 19.7 Å². The van der Waals surface area contributed by atoms with Crippen molar-refractivity contribution in [2.24, 2.45) is 0 Å². The van der Waals surface area contributed by atoms with E-state index in [1.807, 2.05) is 0 Å². The number of unbranched alkanes of at least 4 members (excludes halogenated alkanes) is 3. The molecule has 0 bridgehead atoms. The lowest BCUT2D eigenvalue weighted by molar-refractivity contribution is 0.300. The second-order valence-corrected chi connectivity index (χ2v) is 6.21. The van der Waals surface area contributed by atoms with E-state index in [-0.39, 0.29) is 0 Å². The Labute approximate surface area is 131 Å². The fourth-order valence-corrected chi connectivity index (χ4v) is 2.43. The Hall–Kier alpha value is -1.02. The number of aryl methyl sites for hydroxylation is 1. The molecular formula is C19H33NO. The Morgan fingerprint density at radius 2 is 1.81 bits per heavy atom. The van der Waals surface area contributed by atoms with Gasteiger partial charge in [0.2, 0.25) is 0 Å². The molecule has 0 atom stereocenters. The molecule has 0 radical (unpaired) electrons. The maximum absolute atomic E-state index is 6.01. The van der Waals surface area contributed by atoms with Crippen molar-refractivity contribution in [1.82, 2.24) is 5.32 Å². The lowest BCUT2D eigenvalue weighted by Gasteiger charge is -2.14. The number of hydrogen-bond acceptors (Lipinski definition) is 2. The lowest BCUT2D eigenvalue weighted by atomic mass is 10.0. The van der Waals surface area contributed by atoms with Crippen molar-refractivity contribution >= 4 is 0 Å². The molecule has 0 spiro atoms. The minimum absolute atomic E-state index is 0.519. The Morgan fingerprint density at radius 1 is 1.05 bits per heavy atom. The summed E-state index contributed by atoms with van der Waals surface area (Å²) in [5.41, 5.74) is 2.60. The van der Waals surface area contributed by atoms with Gasteiger partial charge in [-0.1, -0.05) is 45.7 Å². The van der Waals surface area contributed by atoms with Crippen LogP contribution < -0.4 is 10.1 Å². The van der Waals surface area contributed by atoms with Gasteiger partial charge in [-0.2, -0.15) is 0 Å². The summed E-state index contributed by atoms with van der Waals surface area (Å²) in [6.45, 7) is 11.9. The molecule has 2 nitrogen and oxygen atoms in total. The quantitative estimate of drug-likeness (QED) is 0.576. The normalized spacial score (nSPS) is 11.1. The Kier molecular flexibility index (Phi) is 9.16. The van der Waals surface area contributed by atoms with Crippen LogP contribution in [0.2, 0.25) is 0 Å². The third-order valence-electron chi connectivity index (χ3n) is 3.72. The number of ether oxygens (including phenoxy) is 1. The van der Waals surface area contributed by atoms with Crippen LogP contribution in [0.4, 0.5) is 0 Å². The van der Waals surface area contributed by atoms with E-state index in [2.05, 4.69) is 51.2 Å². The van der Waals surface area contributed by atoms with Gasteiger partial charge in [-0.25, -0.2) is 0 Å². The zero-order chi connectivity index (χ0) is 15.5. The van der Waals surface area contributed by atoms with Gasteiger partial charge in [-0.05, 0) is 62.4 Å². The zero-order valence-electron chi connectivity index (χ0n) is 14.4. The van der Waals surface area contributed by atoms with Crippen LogP contribution in [-0.2, 0) is 0 Å². The molecule has 0 aliphatic heterocycles. The first-order chi connectivity index (χ1) is 10.1. The van der Waals surface area contributed by atoms with E-state index in [0.29, 0.717) is 5.92 Å². The second-order valence-electron chi connectivity index (χ2n) is 6.21. The van der Waals surface area contributed by atoms with E-state index in [1.165, 1.54) is 36.8 Å². The van der Waals surface area contributed by atoms with Crippen molar-refractivity contribution in [3.8, 4) is 5.75 Å². The number of benzene rings is 1. The van der Waals surface area contributed by atoms with Gasteiger partial charge < -0.3 is 10.1 Å².